The number of nitrogens with one attached hydrogen (secondary N) is 1. The molecule has 0 spiro atoms. The molecule has 0 amide bonds. The van der Waals surface area contributed by atoms with Crippen LogP contribution >= 0.6 is 0 Å². The predicted octanol–water partition coefficient (Wildman–Crippen LogP) is 2.47. The van der Waals surface area contributed by atoms with Crippen molar-refractivity contribution in [3.05, 3.63) is 78.0 Å². The second-order valence-corrected chi connectivity index (χ2v) is 4.49. The first-order chi connectivity index (χ1) is 9.83. The Balaban J connectivity index is 1.98. The van der Waals surface area contributed by atoms with Crippen LogP contribution < -0.4 is 5.49 Å². The molecule has 0 saturated carbocycles. The monoisotopic (exact) mass is 262 g/mol. The van der Waals surface area contributed by atoms with E-state index in [1.54, 1.807) is 23.1 Å². The highest BCUT2D eigenvalue weighted by molar-refractivity contribution is 5.57. The predicted molar refractivity (Wildman–Crippen MR) is 76.9 cm³/mol. The van der Waals surface area contributed by atoms with Gasteiger partial charge in [-0.2, -0.15) is 5.10 Å². The minimum Gasteiger partial charge on any atom is -0.283 e. The lowest BCUT2D eigenvalue weighted by Crippen LogP contribution is -2.23. The molecule has 1 aromatic carbocycles. The first kappa shape index (κ1) is 12.3. The minimum atomic E-state index is 0.383. The molecule has 0 aliphatic rings. The molecule has 0 fully saturated rings. The van der Waals surface area contributed by atoms with Gasteiger partial charge in [-0.1, -0.05) is 36.4 Å². The van der Waals surface area contributed by atoms with Gasteiger partial charge in [-0.3, -0.25) is 10.4 Å². The van der Waals surface area contributed by atoms with E-state index in [0.717, 1.165) is 16.8 Å². The second kappa shape index (κ2) is 5.48. The van der Waals surface area contributed by atoms with Gasteiger partial charge in [-0.15, -0.1) is 0 Å². The van der Waals surface area contributed by atoms with E-state index >= 15 is 0 Å². The van der Waals surface area contributed by atoms with Crippen LogP contribution in [0.4, 0.5) is 0 Å². The Bertz CT molecular complexity index is 748. The highest BCUT2D eigenvalue weighted by Crippen LogP contribution is 2.14. The molecular weight excluding hydrogens is 248 g/mol. The summed E-state index contributed by atoms with van der Waals surface area (Å²) in [5.74, 6) is 0. The van der Waals surface area contributed by atoms with Crippen LogP contribution in [0.2, 0.25) is 0 Å². The van der Waals surface area contributed by atoms with E-state index in [2.05, 4.69) is 10.1 Å². The van der Waals surface area contributed by atoms with Crippen LogP contribution in [0.5, 0.6) is 0 Å². The average Bonchev–Trinajstić information content (AvgIpc) is 2.51. The molecule has 3 rings (SSSR count). The molecule has 98 valence electrons. The molecule has 0 radical (unpaired) electrons. The first-order valence-electron chi connectivity index (χ1n) is 6.40. The van der Waals surface area contributed by atoms with Crippen LogP contribution in [-0.2, 0) is 6.54 Å². The highest BCUT2D eigenvalue weighted by atomic mass is 15.3. The topological polar surface area (TPSA) is 54.6 Å². The SMILES string of the molecule is N=c1ccc(-c2ccccc2)nn1Cc1cccnc1. The largest absolute Gasteiger partial charge is 0.283 e. The van der Waals surface area contributed by atoms with Gasteiger partial charge in [0.15, 0.2) is 0 Å². The van der Waals surface area contributed by atoms with Crippen molar-refractivity contribution >= 4 is 0 Å². The van der Waals surface area contributed by atoms with E-state index in [0.29, 0.717) is 12.0 Å². The number of nitrogens with zero attached hydrogens (tertiary/aromatic N) is 3. The number of benzene rings is 1. The Kier molecular flexibility index (Phi) is 3.37. The Morgan fingerprint density at radius 3 is 2.55 bits per heavy atom. The maximum Gasteiger partial charge on any atom is 0.141 e. The lowest BCUT2D eigenvalue weighted by atomic mass is 10.1. The summed E-state index contributed by atoms with van der Waals surface area (Å²) in [6, 6.07) is 17.5. The highest BCUT2D eigenvalue weighted by Gasteiger charge is 2.02. The van der Waals surface area contributed by atoms with Gasteiger partial charge in [0.25, 0.3) is 0 Å². The zero-order valence-electron chi connectivity index (χ0n) is 10.9. The number of rotatable bonds is 3. The van der Waals surface area contributed by atoms with Crippen molar-refractivity contribution in [1.29, 1.82) is 5.41 Å². The van der Waals surface area contributed by atoms with E-state index in [-0.39, 0.29) is 0 Å². The standard InChI is InChI=1S/C16H14N4/c17-16-9-8-15(14-6-2-1-3-7-14)19-20(16)12-13-5-4-10-18-11-13/h1-11,17H,12H2. The normalized spacial score (nSPS) is 10.4. The smallest absolute Gasteiger partial charge is 0.141 e. The van der Waals surface area contributed by atoms with Gasteiger partial charge in [-0.05, 0) is 23.8 Å². The molecule has 0 unspecified atom stereocenters. The van der Waals surface area contributed by atoms with E-state index in [1.807, 2.05) is 48.5 Å². The molecule has 2 heterocycles. The molecule has 1 N–H and O–H groups in total. The van der Waals surface area contributed by atoms with E-state index in [1.165, 1.54) is 0 Å². The van der Waals surface area contributed by atoms with Crippen LogP contribution in [0.3, 0.4) is 0 Å². The van der Waals surface area contributed by atoms with Gasteiger partial charge in [0.1, 0.15) is 5.49 Å². The molecule has 0 atom stereocenters. The number of aromatic nitrogens is 3. The van der Waals surface area contributed by atoms with Gasteiger partial charge >= 0.3 is 0 Å². The van der Waals surface area contributed by atoms with Gasteiger partial charge in [-0.25, -0.2) is 4.68 Å². The van der Waals surface area contributed by atoms with Crippen molar-refractivity contribution in [1.82, 2.24) is 14.8 Å². The molecular formula is C16H14N4. The van der Waals surface area contributed by atoms with Crippen LogP contribution in [0, 0.1) is 5.41 Å². The van der Waals surface area contributed by atoms with Gasteiger partial charge in [0.05, 0.1) is 12.2 Å². The summed E-state index contributed by atoms with van der Waals surface area (Å²) < 4.78 is 1.68. The van der Waals surface area contributed by atoms with Crippen molar-refractivity contribution in [3.63, 3.8) is 0 Å². The Morgan fingerprint density at radius 2 is 1.80 bits per heavy atom. The lowest BCUT2D eigenvalue weighted by molar-refractivity contribution is 0.621. The summed E-state index contributed by atoms with van der Waals surface area (Å²) in [5.41, 5.74) is 3.33. The minimum absolute atomic E-state index is 0.383. The van der Waals surface area contributed by atoms with Crippen molar-refractivity contribution < 1.29 is 0 Å². The van der Waals surface area contributed by atoms with Crippen LogP contribution in [0.1, 0.15) is 5.56 Å². The van der Waals surface area contributed by atoms with Crippen LogP contribution in [0.15, 0.2) is 67.0 Å². The van der Waals surface area contributed by atoms with E-state index < -0.39 is 0 Å². The third-order valence-electron chi connectivity index (χ3n) is 3.03. The fourth-order valence-electron chi connectivity index (χ4n) is 2.01. The third-order valence-corrected chi connectivity index (χ3v) is 3.03. The summed E-state index contributed by atoms with van der Waals surface area (Å²) >= 11 is 0. The number of hydrogen-bond acceptors (Lipinski definition) is 3. The first-order valence-corrected chi connectivity index (χ1v) is 6.40. The van der Waals surface area contributed by atoms with Crippen molar-refractivity contribution in [2.24, 2.45) is 0 Å². The molecule has 2 aromatic heterocycles. The molecule has 3 aromatic rings. The van der Waals surface area contributed by atoms with Gasteiger partial charge in [0.2, 0.25) is 0 Å². The molecule has 4 nitrogen and oxygen atoms in total. The van der Waals surface area contributed by atoms with Gasteiger partial charge < -0.3 is 0 Å². The molecule has 20 heavy (non-hydrogen) atoms. The Morgan fingerprint density at radius 1 is 0.950 bits per heavy atom. The Hall–Kier alpha value is -2.75. The van der Waals surface area contributed by atoms with Crippen molar-refractivity contribution in [3.8, 4) is 11.3 Å². The quantitative estimate of drug-likeness (QED) is 0.788. The van der Waals surface area contributed by atoms with Crippen LogP contribution in [-0.4, -0.2) is 14.8 Å². The molecule has 0 aliphatic carbocycles. The summed E-state index contributed by atoms with van der Waals surface area (Å²) in [6.45, 7) is 0.549. The zero-order chi connectivity index (χ0) is 13.8. The van der Waals surface area contributed by atoms with Crippen molar-refractivity contribution in [2.75, 3.05) is 0 Å². The summed E-state index contributed by atoms with van der Waals surface area (Å²) in [4.78, 5) is 4.09. The molecule has 0 saturated heterocycles. The second-order valence-electron chi connectivity index (χ2n) is 4.49. The Labute approximate surface area is 116 Å². The number of hydrogen-bond donors (Lipinski definition) is 1. The average molecular weight is 262 g/mol. The summed E-state index contributed by atoms with van der Waals surface area (Å²) in [6.07, 6.45) is 3.53. The van der Waals surface area contributed by atoms with E-state index in [4.69, 9.17) is 5.41 Å². The molecule has 0 aliphatic heterocycles. The fraction of sp³-hybridized carbons (Fsp3) is 0.0625. The maximum atomic E-state index is 7.96. The summed E-state index contributed by atoms with van der Waals surface area (Å²) in [7, 11) is 0. The van der Waals surface area contributed by atoms with E-state index in [9.17, 15) is 0 Å². The van der Waals surface area contributed by atoms with Crippen LogP contribution in [0.25, 0.3) is 11.3 Å². The number of pyridine rings is 1. The zero-order valence-corrected chi connectivity index (χ0v) is 10.9. The molecule has 0 bridgehead atoms. The third kappa shape index (κ3) is 2.64. The fourth-order valence-corrected chi connectivity index (χ4v) is 2.01. The molecule has 4 heteroatoms. The van der Waals surface area contributed by atoms with Crippen molar-refractivity contribution in [2.45, 2.75) is 6.54 Å². The summed E-state index contributed by atoms with van der Waals surface area (Å²) in [5, 5.41) is 12.5. The maximum absolute atomic E-state index is 7.96. The lowest BCUT2D eigenvalue weighted by Gasteiger charge is -2.08. The van der Waals surface area contributed by atoms with Gasteiger partial charge in [0, 0.05) is 18.0 Å².